The van der Waals surface area contributed by atoms with E-state index in [1.165, 1.54) is 47.7 Å². The van der Waals surface area contributed by atoms with Gasteiger partial charge in [-0.2, -0.15) is 0 Å². The summed E-state index contributed by atoms with van der Waals surface area (Å²) in [4.78, 5) is 0. The molecule has 0 unspecified atom stereocenters. The van der Waals surface area contributed by atoms with Gasteiger partial charge in [-0.1, -0.05) is 47.3 Å². The molecule has 1 aliphatic carbocycles. The Balaban J connectivity index is 2.35. The van der Waals surface area contributed by atoms with Gasteiger partial charge >= 0.3 is 0 Å². The summed E-state index contributed by atoms with van der Waals surface area (Å²) in [5, 5.41) is 0. The van der Waals surface area contributed by atoms with Crippen molar-refractivity contribution in [2.45, 2.75) is 44.4 Å². The molecule has 1 nitrogen and oxygen atoms in total. The number of halogens is 1. The van der Waals surface area contributed by atoms with E-state index < -0.39 is 0 Å². The van der Waals surface area contributed by atoms with Crippen molar-refractivity contribution in [2.24, 2.45) is 5.73 Å². The third-order valence-corrected chi connectivity index (χ3v) is 4.86. The third-order valence-electron chi connectivity index (χ3n) is 3.97. The van der Waals surface area contributed by atoms with Crippen molar-refractivity contribution >= 4 is 15.9 Å². The zero-order chi connectivity index (χ0) is 11.6. The summed E-state index contributed by atoms with van der Waals surface area (Å²) in [6.45, 7) is 2.94. The van der Waals surface area contributed by atoms with Gasteiger partial charge in [-0.25, -0.2) is 0 Å². The van der Waals surface area contributed by atoms with Crippen LogP contribution in [0.3, 0.4) is 0 Å². The van der Waals surface area contributed by atoms with Crippen LogP contribution in [-0.4, -0.2) is 6.54 Å². The van der Waals surface area contributed by atoms with E-state index in [4.69, 9.17) is 5.73 Å². The summed E-state index contributed by atoms with van der Waals surface area (Å²) in [6, 6.07) is 6.72. The van der Waals surface area contributed by atoms with Crippen molar-refractivity contribution in [3.8, 4) is 0 Å². The molecule has 1 aromatic rings. The molecule has 1 aromatic carbocycles. The summed E-state index contributed by atoms with van der Waals surface area (Å²) in [5.74, 6) is 0. The summed E-state index contributed by atoms with van der Waals surface area (Å²) >= 11 is 3.56. The van der Waals surface area contributed by atoms with Crippen LogP contribution in [-0.2, 0) is 5.41 Å². The third kappa shape index (κ3) is 2.18. The fraction of sp³-hybridized carbons (Fsp3) is 0.571. The first-order valence-electron chi connectivity index (χ1n) is 6.15. The summed E-state index contributed by atoms with van der Waals surface area (Å²) in [7, 11) is 0. The van der Waals surface area contributed by atoms with Crippen molar-refractivity contribution in [1.29, 1.82) is 0 Å². The van der Waals surface area contributed by atoms with Gasteiger partial charge in [-0.3, -0.25) is 0 Å². The van der Waals surface area contributed by atoms with Gasteiger partial charge in [0.2, 0.25) is 0 Å². The maximum atomic E-state index is 6.05. The minimum absolute atomic E-state index is 0.254. The van der Waals surface area contributed by atoms with E-state index in [0.717, 1.165) is 6.54 Å². The molecule has 0 saturated heterocycles. The molecule has 0 heterocycles. The Labute approximate surface area is 107 Å². The molecule has 2 heteroatoms. The maximum absolute atomic E-state index is 6.05. The first kappa shape index (κ1) is 12.1. The molecule has 1 aliphatic rings. The molecular formula is C14H20BrN. The molecule has 0 spiro atoms. The van der Waals surface area contributed by atoms with Crippen LogP contribution in [0.5, 0.6) is 0 Å². The highest BCUT2D eigenvalue weighted by atomic mass is 79.9. The van der Waals surface area contributed by atoms with Crippen LogP contribution in [0.25, 0.3) is 0 Å². The fourth-order valence-corrected chi connectivity index (χ4v) is 3.06. The lowest BCUT2D eigenvalue weighted by molar-refractivity contribution is 0.300. The van der Waals surface area contributed by atoms with Gasteiger partial charge in [0.05, 0.1) is 0 Å². The number of nitrogens with two attached hydrogens (primary N) is 1. The topological polar surface area (TPSA) is 26.0 Å². The second-order valence-electron chi connectivity index (χ2n) is 5.01. The molecule has 1 fully saturated rings. The van der Waals surface area contributed by atoms with Crippen LogP contribution in [0.4, 0.5) is 0 Å². The standard InChI is InChI=1S/C14H20BrN/c1-11-9-12(5-6-13(11)15)14(10-16)7-3-2-4-8-14/h5-6,9H,2-4,7-8,10,16H2,1H3. The van der Waals surface area contributed by atoms with Gasteiger partial charge in [-0.05, 0) is 37.0 Å². The molecule has 2 rings (SSSR count). The predicted molar refractivity (Wildman–Crippen MR) is 72.7 cm³/mol. The van der Waals surface area contributed by atoms with Gasteiger partial charge in [0.1, 0.15) is 0 Å². The van der Waals surface area contributed by atoms with Gasteiger partial charge < -0.3 is 5.73 Å². The van der Waals surface area contributed by atoms with Crippen LogP contribution in [0.1, 0.15) is 43.2 Å². The van der Waals surface area contributed by atoms with E-state index in [2.05, 4.69) is 41.1 Å². The molecule has 0 aliphatic heterocycles. The Kier molecular flexibility index (Phi) is 3.70. The summed E-state index contributed by atoms with van der Waals surface area (Å²) in [6.07, 6.45) is 6.53. The van der Waals surface area contributed by atoms with E-state index in [1.54, 1.807) is 0 Å². The van der Waals surface area contributed by atoms with E-state index in [1.807, 2.05) is 0 Å². The molecule has 88 valence electrons. The Morgan fingerprint density at radius 1 is 1.25 bits per heavy atom. The van der Waals surface area contributed by atoms with Gasteiger partial charge in [0.15, 0.2) is 0 Å². The lowest BCUT2D eigenvalue weighted by atomic mass is 9.69. The van der Waals surface area contributed by atoms with E-state index in [-0.39, 0.29) is 5.41 Å². The van der Waals surface area contributed by atoms with Crippen LogP contribution in [0.15, 0.2) is 22.7 Å². The number of benzene rings is 1. The Morgan fingerprint density at radius 3 is 2.50 bits per heavy atom. The number of rotatable bonds is 2. The molecule has 16 heavy (non-hydrogen) atoms. The molecule has 0 atom stereocenters. The van der Waals surface area contributed by atoms with Crippen molar-refractivity contribution in [3.05, 3.63) is 33.8 Å². The van der Waals surface area contributed by atoms with Crippen LogP contribution in [0.2, 0.25) is 0 Å². The van der Waals surface area contributed by atoms with E-state index >= 15 is 0 Å². The molecular weight excluding hydrogens is 262 g/mol. The molecule has 1 saturated carbocycles. The minimum atomic E-state index is 0.254. The van der Waals surface area contributed by atoms with E-state index in [0.29, 0.717) is 0 Å². The molecule has 2 N–H and O–H groups in total. The zero-order valence-electron chi connectivity index (χ0n) is 9.93. The van der Waals surface area contributed by atoms with Crippen molar-refractivity contribution in [2.75, 3.05) is 6.54 Å². The maximum Gasteiger partial charge on any atom is 0.0204 e. The largest absolute Gasteiger partial charge is 0.330 e. The summed E-state index contributed by atoms with van der Waals surface area (Å²) < 4.78 is 1.19. The first-order valence-corrected chi connectivity index (χ1v) is 6.94. The Bertz CT molecular complexity index is 367. The van der Waals surface area contributed by atoms with Gasteiger partial charge in [0, 0.05) is 16.4 Å². The summed E-state index contributed by atoms with van der Waals surface area (Å²) in [5.41, 5.74) is 9.06. The second kappa shape index (κ2) is 4.89. The van der Waals surface area contributed by atoms with Crippen molar-refractivity contribution < 1.29 is 0 Å². The van der Waals surface area contributed by atoms with Gasteiger partial charge in [0.25, 0.3) is 0 Å². The zero-order valence-corrected chi connectivity index (χ0v) is 11.5. The predicted octanol–water partition coefficient (Wildman–Crippen LogP) is 3.92. The normalized spacial score (nSPS) is 19.7. The molecule has 0 aromatic heterocycles. The fourth-order valence-electron chi connectivity index (χ4n) is 2.81. The van der Waals surface area contributed by atoms with Crippen LogP contribution < -0.4 is 5.73 Å². The molecule has 0 amide bonds. The lowest BCUT2D eigenvalue weighted by Gasteiger charge is -2.37. The number of hydrogen-bond acceptors (Lipinski definition) is 1. The first-order chi connectivity index (χ1) is 7.68. The van der Waals surface area contributed by atoms with Crippen LogP contribution >= 0.6 is 15.9 Å². The van der Waals surface area contributed by atoms with E-state index in [9.17, 15) is 0 Å². The number of aryl methyl sites for hydroxylation is 1. The monoisotopic (exact) mass is 281 g/mol. The SMILES string of the molecule is Cc1cc(C2(CN)CCCCC2)ccc1Br. The smallest absolute Gasteiger partial charge is 0.0204 e. The van der Waals surface area contributed by atoms with Gasteiger partial charge in [-0.15, -0.1) is 0 Å². The second-order valence-corrected chi connectivity index (χ2v) is 5.86. The molecule has 0 radical (unpaired) electrons. The Hall–Kier alpha value is -0.340. The average Bonchev–Trinajstić information content (AvgIpc) is 2.33. The average molecular weight is 282 g/mol. The Morgan fingerprint density at radius 2 is 1.94 bits per heavy atom. The van der Waals surface area contributed by atoms with Crippen LogP contribution in [0, 0.1) is 6.92 Å². The van der Waals surface area contributed by atoms with Crippen molar-refractivity contribution in [1.82, 2.24) is 0 Å². The highest BCUT2D eigenvalue weighted by Gasteiger charge is 2.32. The molecule has 0 bridgehead atoms. The quantitative estimate of drug-likeness (QED) is 0.874. The minimum Gasteiger partial charge on any atom is -0.330 e. The number of hydrogen-bond donors (Lipinski definition) is 1. The highest BCUT2D eigenvalue weighted by Crippen LogP contribution is 2.39. The van der Waals surface area contributed by atoms with Crippen molar-refractivity contribution in [3.63, 3.8) is 0 Å². The lowest BCUT2D eigenvalue weighted by Crippen LogP contribution is -2.37. The highest BCUT2D eigenvalue weighted by molar-refractivity contribution is 9.10.